The van der Waals surface area contributed by atoms with E-state index in [2.05, 4.69) is 37.6 Å². The van der Waals surface area contributed by atoms with Crippen molar-refractivity contribution in [3.8, 4) is 0 Å². The summed E-state index contributed by atoms with van der Waals surface area (Å²) < 4.78 is 1.22. The van der Waals surface area contributed by atoms with Gasteiger partial charge in [-0.2, -0.15) is 0 Å². The molecule has 2 nitrogen and oxygen atoms in total. The van der Waals surface area contributed by atoms with Gasteiger partial charge in [0.1, 0.15) is 0 Å². The highest BCUT2D eigenvalue weighted by Gasteiger charge is 2.10. The van der Waals surface area contributed by atoms with Crippen molar-refractivity contribution in [1.29, 1.82) is 0 Å². The lowest BCUT2D eigenvalue weighted by Gasteiger charge is -2.28. The minimum Gasteiger partial charge on any atom is -0.368 e. The first-order chi connectivity index (χ1) is 5.86. The molecule has 0 atom stereocenters. The van der Waals surface area contributed by atoms with E-state index in [1.165, 1.54) is 9.47 Å². The number of anilines is 1. The number of thiophene rings is 1. The molecule has 2 heterocycles. The third-order valence-corrected chi connectivity index (χ3v) is 3.53. The lowest BCUT2D eigenvalue weighted by atomic mass is 10.3. The molecular formula is C8H11BrN2S. The van der Waals surface area contributed by atoms with Crippen LogP contribution in [0, 0.1) is 0 Å². The normalized spacial score (nSPS) is 18.2. The van der Waals surface area contributed by atoms with E-state index in [0.717, 1.165) is 26.2 Å². The summed E-state index contributed by atoms with van der Waals surface area (Å²) in [5, 5.41) is 5.55. The summed E-state index contributed by atoms with van der Waals surface area (Å²) in [7, 11) is 0. The SMILES string of the molecule is Brc1cc(N2CCNCC2)cs1. The van der Waals surface area contributed by atoms with Crippen LogP contribution in [0.25, 0.3) is 0 Å². The van der Waals surface area contributed by atoms with E-state index in [9.17, 15) is 0 Å². The molecule has 1 saturated heterocycles. The molecule has 0 aliphatic carbocycles. The van der Waals surface area contributed by atoms with Gasteiger partial charge in [0.25, 0.3) is 0 Å². The molecule has 12 heavy (non-hydrogen) atoms. The van der Waals surface area contributed by atoms with E-state index >= 15 is 0 Å². The zero-order valence-corrected chi connectivity index (χ0v) is 9.12. The van der Waals surface area contributed by atoms with Gasteiger partial charge in [0.05, 0.1) is 3.79 Å². The Kier molecular flexibility index (Phi) is 2.68. The highest BCUT2D eigenvalue weighted by atomic mass is 79.9. The van der Waals surface area contributed by atoms with Gasteiger partial charge in [-0.3, -0.25) is 0 Å². The number of rotatable bonds is 1. The molecule has 0 spiro atoms. The van der Waals surface area contributed by atoms with Crippen molar-refractivity contribution in [2.24, 2.45) is 0 Å². The maximum Gasteiger partial charge on any atom is 0.0719 e. The Morgan fingerprint density at radius 1 is 1.42 bits per heavy atom. The average Bonchev–Trinajstić information content (AvgIpc) is 2.54. The highest BCUT2D eigenvalue weighted by Crippen LogP contribution is 2.27. The van der Waals surface area contributed by atoms with E-state index in [0.29, 0.717) is 0 Å². The minimum absolute atomic E-state index is 1.10. The summed E-state index contributed by atoms with van der Waals surface area (Å²) in [5.74, 6) is 0. The molecule has 0 amide bonds. The van der Waals surface area contributed by atoms with Gasteiger partial charge >= 0.3 is 0 Å². The summed E-state index contributed by atoms with van der Waals surface area (Å²) in [6, 6.07) is 2.19. The number of hydrogen-bond acceptors (Lipinski definition) is 3. The van der Waals surface area contributed by atoms with Crippen LogP contribution in [0.3, 0.4) is 0 Å². The standard InChI is InChI=1S/C8H11BrN2S/c9-8-5-7(6-12-8)11-3-1-10-2-4-11/h5-6,10H,1-4H2. The minimum atomic E-state index is 1.10. The van der Waals surface area contributed by atoms with Gasteiger partial charge in [-0.05, 0) is 22.0 Å². The smallest absolute Gasteiger partial charge is 0.0719 e. The first-order valence-corrected chi connectivity index (χ1v) is 5.73. The maximum absolute atomic E-state index is 3.47. The second-order valence-corrected chi connectivity index (χ2v) is 5.14. The molecule has 0 bridgehead atoms. The van der Waals surface area contributed by atoms with Gasteiger partial charge in [-0.1, -0.05) is 0 Å². The van der Waals surface area contributed by atoms with E-state index in [-0.39, 0.29) is 0 Å². The van der Waals surface area contributed by atoms with Crippen LogP contribution in [-0.2, 0) is 0 Å². The Morgan fingerprint density at radius 3 is 2.75 bits per heavy atom. The quantitative estimate of drug-likeness (QED) is 0.815. The monoisotopic (exact) mass is 246 g/mol. The zero-order chi connectivity index (χ0) is 8.39. The Bertz CT molecular complexity index is 255. The number of hydrogen-bond donors (Lipinski definition) is 1. The van der Waals surface area contributed by atoms with E-state index in [1.54, 1.807) is 11.3 Å². The second-order valence-electron chi connectivity index (χ2n) is 2.85. The lowest BCUT2D eigenvalue weighted by molar-refractivity contribution is 0.590. The van der Waals surface area contributed by atoms with Crippen LogP contribution in [-0.4, -0.2) is 26.2 Å². The van der Waals surface area contributed by atoms with Crippen LogP contribution in [0.2, 0.25) is 0 Å². The highest BCUT2D eigenvalue weighted by molar-refractivity contribution is 9.11. The van der Waals surface area contributed by atoms with Gasteiger partial charge in [0, 0.05) is 37.2 Å². The van der Waals surface area contributed by atoms with Crippen molar-refractivity contribution >= 4 is 33.0 Å². The first kappa shape index (κ1) is 8.53. The van der Waals surface area contributed by atoms with Crippen LogP contribution in [0.4, 0.5) is 5.69 Å². The van der Waals surface area contributed by atoms with Gasteiger partial charge < -0.3 is 10.2 Å². The summed E-state index contributed by atoms with van der Waals surface area (Å²) in [6.45, 7) is 4.47. The van der Waals surface area contributed by atoms with Crippen LogP contribution >= 0.6 is 27.3 Å². The lowest BCUT2D eigenvalue weighted by Crippen LogP contribution is -2.43. The average molecular weight is 247 g/mol. The molecular weight excluding hydrogens is 236 g/mol. The molecule has 66 valence electrons. The van der Waals surface area contributed by atoms with Crippen molar-refractivity contribution in [3.05, 3.63) is 15.2 Å². The summed E-state index contributed by atoms with van der Waals surface area (Å²) >= 11 is 5.23. The van der Waals surface area contributed by atoms with Gasteiger partial charge in [0.15, 0.2) is 0 Å². The zero-order valence-electron chi connectivity index (χ0n) is 6.72. The molecule has 1 aromatic rings. The first-order valence-electron chi connectivity index (χ1n) is 4.06. The maximum atomic E-state index is 3.47. The van der Waals surface area contributed by atoms with Crippen molar-refractivity contribution < 1.29 is 0 Å². The molecule has 0 aromatic carbocycles. The van der Waals surface area contributed by atoms with Gasteiger partial charge in [-0.15, -0.1) is 11.3 Å². The van der Waals surface area contributed by atoms with Crippen LogP contribution in [0.1, 0.15) is 0 Å². The van der Waals surface area contributed by atoms with Crippen molar-refractivity contribution in [2.45, 2.75) is 0 Å². The van der Waals surface area contributed by atoms with E-state index in [4.69, 9.17) is 0 Å². The van der Waals surface area contributed by atoms with E-state index < -0.39 is 0 Å². The molecule has 4 heteroatoms. The van der Waals surface area contributed by atoms with Crippen LogP contribution < -0.4 is 10.2 Å². The molecule has 1 N–H and O–H groups in total. The summed E-state index contributed by atoms with van der Waals surface area (Å²) in [6.07, 6.45) is 0. The number of nitrogens with zero attached hydrogens (tertiary/aromatic N) is 1. The number of nitrogens with one attached hydrogen (secondary N) is 1. The van der Waals surface area contributed by atoms with Gasteiger partial charge in [-0.25, -0.2) is 0 Å². The third kappa shape index (κ3) is 1.81. The second kappa shape index (κ2) is 3.77. The summed E-state index contributed by atoms with van der Waals surface area (Å²) in [5.41, 5.74) is 1.35. The molecule has 1 aromatic heterocycles. The topological polar surface area (TPSA) is 15.3 Å². The molecule has 0 saturated carbocycles. The van der Waals surface area contributed by atoms with Crippen molar-refractivity contribution in [1.82, 2.24) is 5.32 Å². The molecule has 1 aliphatic heterocycles. The Balaban J connectivity index is 2.08. The molecule has 1 fully saturated rings. The predicted octanol–water partition coefficient (Wildman–Crippen LogP) is 1.92. The van der Waals surface area contributed by atoms with Crippen molar-refractivity contribution in [2.75, 3.05) is 31.1 Å². The predicted molar refractivity (Wildman–Crippen MR) is 57.1 cm³/mol. The van der Waals surface area contributed by atoms with Crippen LogP contribution in [0.15, 0.2) is 15.2 Å². The van der Waals surface area contributed by atoms with Crippen molar-refractivity contribution in [3.63, 3.8) is 0 Å². The number of halogens is 1. The molecule has 0 unspecified atom stereocenters. The third-order valence-electron chi connectivity index (χ3n) is 2.04. The fraction of sp³-hybridized carbons (Fsp3) is 0.500. The summed E-state index contributed by atoms with van der Waals surface area (Å²) in [4.78, 5) is 2.41. The fourth-order valence-corrected chi connectivity index (χ4v) is 2.54. The molecule has 0 radical (unpaired) electrons. The number of piperazine rings is 1. The fourth-order valence-electron chi connectivity index (χ4n) is 1.39. The van der Waals surface area contributed by atoms with Crippen LogP contribution in [0.5, 0.6) is 0 Å². The Hall–Kier alpha value is -0.0600. The molecule has 1 aliphatic rings. The largest absolute Gasteiger partial charge is 0.368 e. The van der Waals surface area contributed by atoms with E-state index in [1.807, 2.05) is 0 Å². The van der Waals surface area contributed by atoms with Gasteiger partial charge in [0.2, 0.25) is 0 Å². The Labute approximate surface area is 84.7 Å². The molecule has 2 rings (SSSR count). The Morgan fingerprint density at radius 2 is 2.17 bits per heavy atom.